The highest BCUT2D eigenvalue weighted by molar-refractivity contribution is 8.01. The van der Waals surface area contributed by atoms with Crippen molar-refractivity contribution < 1.29 is 23.9 Å². The van der Waals surface area contributed by atoms with Gasteiger partial charge in [0.2, 0.25) is 11.8 Å². The van der Waals surface area contributed by atoms with Crippen LogP contribution in [0, 0.1) is 0 Å². The summed E-state index contributed by atoms with van der Waals surface area (Å²) in [6.45, 7) is 1.13. The van der Waals surface area contributed by atoms with E-state index in [9.17, 15) is 14.4 Å². The van der Waals surface area contributed by atoms with Crippen LogP contribution in [0.2, 0.25) is 0 Å². The van der Waals surface area contributed by atoms with Crippen molar-refractivity contribution >= 4 is 40.9 Å². The third kappa shape index (κ3) is 4.93. The van der Waals surface area contributed by atoms with Crippen LogP contribution >= 0.6 is 11.8 Å². The highest BCUT2D eigenvalue weighted by Gasteiger charge is 2.41. The predicted octanol–water partition coefficient (Wildman–Crippen LogP) is 3.16. The summed E-state index contributed by atoms with van der Waals surface area (Å²) >= 11 is 1.26. The molecule has 9 heteroatoms. The van der Waals surface area contributed by atoms with Crippen LogP contribution in [-0.2, 0) is 14.4 Å². The molecule has 2 aliphatic rings. The van der Waals surface area contributed by atoms with Crippen LogP contribution in [0.3, 0.4) is 0 Å². The Balaban J connectivity index is 1.55. The number of hydrogen-bond acceptors (Lipinski definition) is 6. The highest BCUT2D eigenvalue weighted by Crippen LogP contribution is 2.40. The second-order valence-corrected chi connectivity index (χ2v) is 9.04. The number of thioether (sulfide) groups is 1. The molecule has 0 aliphatic carbocycles. The maximum atomic E-state index is 13.4. The van der Waals surface area contributed by atoms with Crippen LogP contribution in [0.5, 0.6) is 11.5 Å². The summed E-state index contributed by atoms with van der Waals surface area (Å²) in [6.07, 6.45) is 2.99. The van der Waals surface area contributed by atoms with E-state index in [-0.39, 0.29) is 18.4 Å². The Kier molecular flexibility index (Phi) is 7.08. The second-order valence-electron chi connectivity index (χ2n) is 7.89. The molecule has 1 atom stereocenters. The number of para-hydroxylation sites is 1. The molecule has 1 fully saturated rings. The summed E-state index contributed by atoms with van der Waals surface area (Å²) in [7, 11) is 3.05. The first-order valence-electron chi connectivity index (χ1n) is 10.9. The molecule has 2 aromatic carbocycles. The number of carbonyl (C=O) groups is 3. The zero-order chi connectivity index (χ0) is 23.4. The molecule has 33 heavy (non-hydrogen) atoms. The predicted molar refractivity (Wildman–Crippen MR) is 127 cm³/mol. The minimum absolute atomic E-state index is 0.179. The fourth-order valence-electron chi connectivity index (χ4n) is 4.05. The number of fused-ring (bicyclic) bond motifs is 1. The van der Waals surface area contributed by atoms with Crippen molar-refractivity contribution in [2.24, 2.45) is 0 Å². The molecular formula is C24H27N3O5S. The molecule has 0 bridgehead atoms. The standard InChI is InChI=1S/C24H27N3O5S/c1-31-16-10-11-17(19(14-16)32-2)25-21(28)15-27-18-8-4-5-9-20(18)33-22(24(27)30)23(29)26-12-6-3-7-13-26/h4-5,8-11,14,22H,3,6-7,12-13,15H2,1-2H3,(H,25,28)/t22-/m1/s1. The lowest BCUT2D eigenvalue weighted by molar-refractivity contribution is -0.135. The van der Waals surface area contributed by atoms with Crippen LogP contribution in [0.4, 0.5) is 11.4 Å². The zero-order valence-electron chi connectivity index (χ0n) is 18.7. The molecule has 8 nitrogen and oxygen atoms in total. The molecule has 0 aromatic heterocycles. The lowest BCUT2D eigenvalue weighted by atomic mass is 10.1. The number of carbonyl (C=O) groups excluding carboxylic acids is 3. The molecule has 1 N–H and O–H groups in total. The van der Waals surface area contributed by atoms with Gasteiger partial charge in [-0.1, -0.05) is 12.1 Å². The van der Waals surface area contributed by atoms with E-state index in [1.54, 1.807) is 36.3 Å². The minimum Gasteiger partial charge on any atom is -0.497 e. The van der Waals surface area contributed by atoms with E-state index < -0.39 is 11.2 Å². The number of amides is 3. The molecule has 0 radical (unpaired) electrons. The number of anilines is 2. The molecule has 3 amide bonds. The maximum Gasteiger partial charge on any atom is 0.250 e. The van der Waals surface area contributed by atoms with Gasteiger partial charge in [-0.15, -0.1) is 11.8 Å². The van der Waals surface area contributed by atoms with Crippen LogP contribution < -0.4 is 19.7 Å². The van der Waals surface area contributed by atoms with Gasteiger partial charge in [0, 0.05) is 24.1 Å². The van der Waals surface area contributed by atoms with Gasteiger partial charge in [-0.2, -0.15) is 0 Å². The van der Waals surface area contributed by atoms with Crippen molar-refractivity contribution in [2.75, 3.05) is 44.1 Å². The summed E-state index contributed by atoms with van der Waals surface area (Å²) in [6, 6.07) is 12.4. The van der Waals surface area contributed by atoms with Crippen LogP contribution in [-0.4, -0.2) is 61.7 Å². The summed E-state index contributed by atoms with van der Waals surface area (Å²) in [5.74, 6) is 0.105. The van der Waals surface area contributed by atoms with Crippen molar-refractivity contribution in [3.05, 3.63) is 42.5 Å². The number of hydrogen-bond donors (Lipinski definition) is 1. The molecule has 1 saturated heterocycles. The average Bonchev–Trinajstić information content (AvgIpc) is 2.86. The Morgan fingerprint density at radius 2 is 1.82 bits per heavy atom. The molecule has 0 saturated carbocycles. The van der Waals surface area contributed by atoms with E-state index in [0.717, 1.165) is 24.2 Å². The third-order valence-electron chi connectivity index (χ3n) is 5.77. The molecule has 0 spiro atoms. The van der Waals surface area contributed by atoms with Crippen LogP contribution in [0.1, 0.15) is 19.3 Å². The Labute approximate surface area is 197 Å². The maximum absolute atomic E-state index is 13.4. The van der Waals surface area contributed by atoms with E-state index in [1.807, 2.05) is 18.2 Å². The quantitative estimate of drug-likeness (QED) is 0.654. The van der Waals surface area contributed by atoms with Crippen molar-refractivity contribution in [1.29, 1.82) is 0 Å². The largest absolute Gasteiger partial charge is 0.497 e. The van der Waals surface area contributed by atoms with E-state index in [2.05, 4.69) is 5.32 Å². The molecule has 2 heterocycles. The zero-order valence-corrected chi connectivity index (χ0v) is 19.5. The molecular weight excluding hydrogens is 442 g/mol. The van der Waals surface area contributed by atoms with Gasteiger partial charge in [-0.05, 0) is 43.5 Å². The Morgan fingerprint density at radius 1 is 1.06 bits per heavy atom. The Bertz CT molecular complexity index is 1050. The van der Waals surface area contributed by atoms with Crippen molar-refractivity contribution in [3.63, 3.8) is 0 Å². The first kappa shape index (κ1) is 23.0. The van der Waals surface area contributed by atoms with Gasteiger partial charge >= 0.3 is 0 Å². The number of methoxy groups -OCH3 is 2. The first-order valence-corrected chi connectivity index (χ1v) is 11.8. The minimum atomic E-state index is -0.888. The van der Waals surface area contributed by atoms with E-state index in [0.29, 0.717) is 36.0 Å². The lowest BCUT2D eigenvalue weighted by Gasteiger charge is -2.36. The summed E-state index contributed by atoms with van der Waals surface area (Å²) in [5.41, 5.74) is 1.10. The normalized spacial score (nSPS) is 17.9. The van der Waals surface area contributed by atoms with Gasteiger partial charge < -0.3 is 24.6 Å². The number of nitrogens with one attached hydrogen (secondary N) is 1. The summed E-state index contributed by atoms with van der Waals surface area (Å²) in [4.78, 5) is 43.5. The van der Waals surface area contributed by atoms with Gasteiger partial charge in [0.15, 0.2) is 5.25 Å². The van der Waals surface area contributed by atoms with E-state index >= 15 is 0 Å². The topological polar surface area (TPSA) is 88.2 Å². The fourth-order valence-corrected chi connectivity index (χ4v) is 5.24. The van der Waals surface area contributed by atoms with Gasteiger partial charge in [0.05, 0.1) is 25.6 Å². The molecule has 2 aromatic rings. The SMILES string of the molecule is COc1ccc(NC(=O)CN2C(=O)[C@@H](C(=O)N3CCCCC3)Sc3ccccc32)c(OC)c1. The van der Waals surface area contributed by atoms with E-state index in [1.165, 1.54) is 23.8 Å². The summed E-state index contributed by atoms with van der Waals surface area (Å²) in [5, 5.41) is 1.92. The number of piperidine rings is 1. The van der Waals surface area contributed by atoms with Gasteiger partial charge in [-0.3, -0.25) is 14.4 Å². The lowest BCUT2D eigenvalue weighted by Crippen LogP contribution is -2.52. The average molecular weight is 470 g/mol. The monoisotopic (exact) mass is 469 g/mol. The molecule has 174 valence electrons. The molecule has 2 aliphatic heterocycles. The van der Waals surface area contributed by atoms with Crippen LogP contribution in [0.15, 0.2) is 47.4 Å². The number of ether oxygens (including phenoxy) is 2. The fraction of sp³-hybridized carbons (Fsp3) is 0.375. The van der Waals surface area contributed by atoms with Crippen molar-refractivity contribution in [1.82, 2.24) is 4.90 Å². The number of nitrogens with zero attached hydrogens (tertiary/aromatic N) is 2. The molecule has 4 rings (SSSR count). The Morgan fingerprint density at radius 3 is 2.55 bits per heavy atom. The Hall–Kier alpha value is -3.20. The smallest absolute Gasteiger partial charge is 0.250 e. The number of benzene rings is 2. The van der Waals surface area contributed by atoms with Crippen molar-refractivity contribution in [3.8, 4) is 11.5 Å². The highest BCUT2D eigenvalue weighted by atomic mass is 32.2. The second kappa shape index (κ2) is 10.2. The van der Waals surface area contributed by atoms with Gasteiger partial charge in [0.25, 0.3) is 5.91 Å². The number of rotatable bonds is 6. The first-order chi connectivity index (χ1) is 16.0. The van der Waals surface area contributed by atoms with Crippen molar-refractivity contribution in [2.45, 2.75) is 29.4 Å². The third-order valence-corrected chi connectivity index (χ3v) is 7.01. The van der Waals surface area contributed by atoms with Gasteiger partial charge in [0.1, 0.15) is 18.0 Å². The molecule has 0 unspecified atom stereocenters. The van der Waals surface area contributed by atoms with Gasteiger partial charge in [-0.25, -0.2) is 0 Å². The number of likely N-dealkylation sites (tertiary alicyclic amines) is 1. The summed E-state index contributed by atoms with van der Waals surface area (Å²) < 4.78 is 10.5. The van der Waals surface area contributed by atoms with Crippen LogP contribution in [0.25, 0.3) is 0 Å². The van der Waals surface area contributed by atoms with E-state index in [4.69, 9.17) is 9.47 Å².